The van der Waals surface area contributed by atoms with Gasteiger partial charge in [-0.1, -0.05) is 20.3 Å². The summed E-state index contributed by atoms with van der Waals surface area (Å²) in [6.45, 7) is 3.99. The molecular weight excluding hydrogens is 180 g/mol. The van der Waals surface area contributed by atoms with E-state index in [0.717, 1.165) is 6.42 Å². The van der Waals surface area contributed by atoms with Crippen LogP contribution in [0.25, 0.3) is 0 Å². The molecule has 1 saturated carbocycles. The Hall–Kier alpha value is -0.610. The van der Waals surface area contributed by atoms with Crippen molar-refractivity contribution < 1.29 is 9.90 Å². The van der Waals surface area contributed by atoms with E-state index < -0.39 is 6.04 Å². The monoisotopic (exact) mass is 200 g/mol. The average Bonchev–Trinajstić information content (AvgIpc) is 2.12. The molecule has 1 aliphatic rings. The normalized spacial score (nSPS) is 30.3. The van der Waals surface area contributed by atoms with Gasteiger partial charge in [-0.3, -0.25) is 4.79 Å². The number of carbonyl (C=O) groups is 1. The van der Waals surface area contributed by atoms with Crippen LogP contribution in [0.3, 0.4) is 0 Å². The van der Waals surface area contributed by atoms with E-state index in [0.29, 0.717) is 12.8 Å². The van der Waals surface area contributed by atoms with Gasteiger partial charge < -0.3 is 16.2 Å². The first-order valence-electron chi connectivity index (χ1n) is 5.28. The van der Waals surface area contributed by atoms with Crippen molar-refractivity contribution in [3.63, 3.8) is 0 Å². The van der Waals surface area contributed by atoms with Gasteiger partial charge in [-0.15, -0.1) is 0 Å². The van der Waals surface area contributed by atoms with Crippen molar-refractivity contribution in [2.24, 2.45) is 11.7 Å². The molecular formula is C10H20N2O2. The highest BCUT2D eigenvalue weighted by Crippen LogP contribution is 2.19. The van der Waals surface area contributed by atoms with E-state index >= 15 is 0 Å². The van der Waals surface area contributed by atoms with E-state index in [2.05, 4.69) is 5.32 Å². The van der Waals surface area contributed by atoms with Gasteiger partial charge in [0.1, 0.15) is 0 Å². The third kappa shape index (κ3) is 2.69. The first-order chi connectivity index (χ1) is 6.54. The lowest BCUT2D eigenvalue weighted by Crippen LogP contribution is -2.53. The van der Waals surface area contributed by atoms with Crippen LogP contribution in [0.1, 0.15) is 33.1 Å². The van der Waals surface area contributed by atoms with Gasteiger partial charge in [0.25, 0.3) is 0 Å². The van der Waals surface area contributed by atoms with Gasteiger partial charge in [0.2, 0.25) is 5.91 Å². The number of carbonyl (C=O) groups excluding carboxylic acids is 1. The van der Waals surface area contributed by atoms with Crippen LogP contribution in [0.15, 0.2) is 0 Å². The van der Waals surface area contributed by atoms with Crippen molar-refractivity contribution in [1.29, 1.82) is 0 Å². The van der Waals surface area contributed by atoms with E-state index in [4.69, 9.17) is 10.8 Å². The fourth-order valence-electron chi connectivity index (χ4n) is 1.52. The summed E-state index contributed by atoms with van der Waals surface area (Å²) in [4.78, 5) is 11.5. The van der Waals surface area contributed by atoms with E-state index in [1.54, 1.807) is 0 Å². The summed E-state index contributed by atoms with van der Waals surface area (Å²) < 4.78 is 0. The lowest BCUT2D eigenvalue weighted by Gasteiger charge is -2.33. The zero-order valence-electron chi connectivity index (χ0n) is 8.86. The van der Waals surface area contributed by atoms with Crippen LogP contribution in [-0.2, 0) is 4.79 Å². The van der Waals surface area contributed by atoms with Gasteiger partial charge >= 0.3 is 0 Å². The molecule has 0 aromatic carbocycles. The molecule has 2 atom stereocenters. The Morgan fingerprint density at radius 3 is 2.64 bits per heavy atom. The number of aliphatic hydroxyl groups is 1. The summed E-state index contributed by atoms with van der Waals surface area (Å²) in [6.07, 6.45) is 2.00. The average molecular weight is 200 g/mol. The van der Waals surface area contributed by atoms with Gasteiger partial charge in [-0.05, 0) is 18.8 Å². The van der Waals surface area contributed by atoms with Crippen LogP contribution in [-0.4, -0.2) is 29.2 Å². The second-order valence-corrected chi connectivity index (χ2v) is 4.24. The third-order valence-electron chi connectivity index (χ3n) is 3.02. The predicted octanol–water partition coefficient (Wildman–Crippen LogP) is -0.000700. The van der Waals surface area contributed by atoms with Gasteiger partial charge in [0, 0.05) is 6.04 Å². The maximum absolute atomic E-state index is 11.5. The van der Waals surface area contributed by atoms with Crippen molar-refractivity contribution in [1.82, 2.24) is 5.32 Å². The fourth-order valence-corrected chi connectivity index (χ4v) is 1.52. The lowest BCUT2D eigenvalue weighted by atomic mass is 9.89. The number of hydrogen-bond donors (Lipinski definition) is 3. The zero-order chi connectivity index (χ0) is 10.7. The molecule has 0 aromatic heterocycles. The van der Waals surface area contributed by atoms with Crippen LogP contribution < -0.4 is 11.1 Å². The predicted molar refractivity (Wildman–Crippen MR) is 54.6 cm³/mol. The maximum Gasteiger partial charge on any atom is 0.237 e. The summed E-state index contributed by atoms with van der Waals surface area (Å²) in [7, 11) is 0. The van der Waals surface area contributed by atoms with Crippen molar-refractivity contribution >= 4 is 5.91 Å². The van der Waals surface area contributed by atoms with Crippen molar-refractivity contribution in [3.8, 4) is 0 Å². The Morgan fingerprint density at radius 1 is 1.64 bits per heavy atom. The number of nitrogens with two attached hydrogens (primary N) is 1. The molecule has 1 rings (SSSR count). The summed E-state index contributed by atoms with van der Waals surface area (Å²) in [6, 6.07) is -0.287. The van der Waals surface area contributed by atoms with E-state index in [1.165, 1.54) is 0 Å². The fraction of sp³-hybridized carbons (Fsp3) is 0.900. The molecule has 1 amide bonds. The molecule has 4 nitrogen and oxygen atoms in total. The van der Waals surface area contributed by atoms with Crippen LogP contribution in [0, 0.1) is 5.92 Å². The first-order valence-corrected chi connectivity index (χ1v) is 5.28. The van der Waals surface area contributed by atoms with Gasteiger partial charge in [0.05, 0.1) is 12.1 Å². The third-order valence-corrected chi connectivity index (χ3v) is 3.02. The minimum absolute atomic E-state index is 0.0868. The molecule has 1 fully saturated rings. The molecule has 1 aliphatic carbocycles. The largest absolute Gasteiger partial charge is 0.393 e. The quantitative estimate of drug-likeness (QED) is 0.598. The molecule has 2 unspecified atom stereocenters. The molecule has 0 aliphatic heterocycles. The molecule has 0 aromatic rings. The molecule has 4 heteroatoms. The van der Waals surface area contributed by atoms with E-state index in [9.17, 15) is 4.79 Å². The number of nitrogens with one attached hydrogen (secondary N) is 1. The molecule has 0 saturated heterocycles. The SMILES string of the molecule is CCC(C)C(N)C(=O)NC1CC(O)C1. The van der Waals surface area contributed by atoms with Gasteiger partial charge in [-0.25, -0.2) is 0 Å². The van der Waals surface area contributed by atoms with Crippen LogP contribution >= 0.6 is 0 Å². The molecule has 14 heavy (non-hydrogen) atoms. The second-order valence-electron chi connectivity index (χ2n) is 4.24. The molecule has 4 N–H and O–H groups in total. The van der Waals surface area contributed by atoms with E-state index in [1.807, 2.05) is 13.8 Å². The summed E-state index contributed by atoms with van der Waals surface area (Å²) >= 11 is 0. The van der Waals surface area contributed by atoms with Crippen LogP contribution in [0.2, 0.25) is 0 Å². The highest BCUT2D eigenvalue weighted by atomic mass is 16.3. The second kappa shape index (κ2) is 4.75. The van der Waals surface area contributed by atoms with Crippen molar-refractivity contribution in [3.05, 3.63) is 0 Å². The Morgan fingerprint density at radius 2 is 2.21 bits per heavy atom. The summed E-state index contributed by atoms with van der Waals surface area (Å²) in [5.41, 5.74) is 5.76. The Kier molecular flexibility index (Phi) is 3.89. The Balaban J connectivity index is 2.27. The highest BCUT2D eigenvalue weighted by molar-refractivity contribution is 5.82. The van der Waals surface area contributed by atoms with Gasteiger partial charge in [-0.2, -0.15) is 0 Å². The molecule has 0 radical (unpaired) electrons. The number of aliphatic hydroxyl groups excluding tert-OH is 1. The lowest BCUT2D eigenvalue weighted by molar-refractivity contribution is -0.125. The standard InChI is InChI=1S/C10H20N2O2/c1-3-6(2)9(11)10(14)12-7-4-8(13)5-7/h6-9,13H,3-5,11H2,1-2H3,(H,12,14). The molecule has 0 heterocycles. The summed E-state index contributed by atoms with van der Waals surface area (Å²) in [5.74, 6) is 0.122. The zero-order valence-corrected chi connectivity index (χ0v) is 8.86. The smallest absolute Gasteiger partial charge is 0.237 e. The van der Waals surface area contributed by atoms with E-state index in [-0.39, 0.29) is 24.0 Å². The minimum Gasteiger partial charge on any atom is -0.393 e. The summed E-state index contributed by atoms with van der Waals surface area (Å²) in [5, 5.41) is 11.9. The number of amides is 1. The maximum atomic E-state index is 11.5. The molecule has 0 spiro atoms. The van der Waals surface area contributed by atoms with Gasteiger partial charge in [0.15, 0.2) is 0 Å². The van der Waals surface area contributed by atoms with Crippen molar-refractivity contribution in [2.75, 3.05) is 0 Å². The highest BCUT2D eigenvalue weighted by Gasteiger charge is 2.30. The minimum atomic E-state index is -0.419. The van der Waals surface area contributed by atoms with Crippen molar-refractivity contribution in [2.45, 2.75) is 51.3 Å². The molecule has 0 bridgehead atoms. The number of hydrogen-bond acceptors (Lipinski definition) is 3. The van der Waals surface area contributed by atoms with Crippen LogP contribution in [0.5, 0.6) is 0 Å². The first kappa shape index (κ1) is 11.5. The molecule has 82 valence electrons. The Bertz CT molecular complexity index is 202. The number of rotatable bonds is 4. The topological polar surface area (TPSA) is 75.4 Å². The van der Waals surface area contributed by atoms with Crippen LogP contribution in [0.4, 0.5) is 0 Å². The Labute approximate surface area is 84.9 Å².